The Morgan fingerprint density at radius 2 is 1.64 bits per heavy atom. The summed E-state index contributed by atoms with van der Waals surface area (Å²) in [6.45, 7) is -0.346. The van der Waals surface area contributed by atoms with Crippen LogP contribution in [-0.2, 0) is 25.3 Å². The zero-order valence-electron chi connectivity index (χ0n) is 12.1. The molecule has 25 heavy (non-hydrogen) atoms. The number of nitrogens with one attached hydrogen (secondary N) is 1. The van der Waals surface area contributed by atoms with Gasteiger partial charge in [0.2, 0.25) is 15.3 Å². The topological polar surface area (TPSA) is 76.2 Å². The van der Waals surface area contributed by atoms with Crippen molar-refractivity contribution in [1.82, 2.24) is 4.98 Å². The zero-order chi connectivity index (χ0) is 18.9. The molecule has 0 radical (unpaired) electrons. The number of rotatable bonds is 6. The standard InChI is InChI=1S/C14H10F5NO4S/c15-13(16,14(17,18)19)10-6-7-20-11(10)12(24-8-21)25(22,23)9-4-2-1-3-5-9/h1-8,12,20H. The molecule has 1 aromatic carbocycles. The summed E-state index contributed by atoms with van der Waals surface area (Å²) in [5, 5.41) is 0. The van der Waals surface area contributed by atoms with Crippen molar-refractivity contribution in [3.63, 3.8) is 0 Å². The monoisotopic (exact) mass is 383 g/mol. The quantitative estimate of drug-likeness (QED) is 0.613. The number of halogens is 5. The summed E-state index contributed by atoms with van der Waals surface area (Å²) in [7, 11) is -4.60. The molecule has 1 heterocycles. The van der Waals surface area contributed by atoms with E-state index in [1.165, 1.54) is 18.2 Å². The molecule has 11 heteroatoms. The van der Waals surface area contributed by atoms with Crippen LogP contribution in [0.1, 0.15) is 16.7 Å². The van der Waals surface area contributed by atoms with Crippen molar-refractivity contribution in [2.45, 2.75) is 22.4 Å². The first kappa shape index (κ1) is 18.9. The van der Waals surface area contributed by atoms with E-state index in [0.29, 0.717) is 12.3 Å². The van der Waals surface area contributed by atoms with Gasteiger partial charge in [-0.25, -0.2) is 8.42 Å². The van der Waals surface area contributed by atoms with E-state index in [2.05, 4.69) is 4.74 Å². The molecule has 1 unspecified atom stereocenters. The fraction of sp³-hybridized carbons (Fsp3) is 0.214. The molecule has 2 rings (SSSR count). The van der Waals surface area contributed by atoms with Gasteiger partial charge in [0.15, 0.2) is 0 Å². The molecule has 0 saturated carbocycles. The van der Waals surface area contributed by atoms with Crippen molar-refractivity contribution in [3.8, 4) is 0 Å². The highest BCUT2D eigenvalue weighted by atomic mass is 32.2. The number of ether oxygens (including phenoxy) is 1. The third kappa shape index (κ3) is 3.36. The van der Waals surface area contributed by atoms with E-state index in [1.54, 1.807) is 0 Å². The van der Waals surface area contributed by atoms with Crippen LogP contribution in [-0.4, -0.2) is 26.1 Å². The first-order valence-electron chi connectivity index (χ1n) is 6.54. The van der Waals surface area contributed by atoms with Crippen molar-refractivity contribution >= 4 is 16.3 Å². The summed E-state index contributed by atoms with van der Waals surface area (Å²) in [6.07, 6.45) is -5.27. The molecule has 0 aliphatic heterocycles. The molecule has 2 aromatic rings. The minimum atomic E-state index is -5.97. The Kier molecular flexibility index (Phi) is 4.89. The fourth-order valence-electron chi connectivity index (χ4n) is 2.08. The maximum Gasteiger partial charge on any atom is 0.458 e. The lowest BCUT2D eigenvalue weighted by atomic mass is 10.1. The van der Waals surface area contributed by atoms with Crippen LogP contribution in [0.4, 0.5) is 22.0 Å². The first-order valence-corrected chi connectivity index (χ1v) is 8.08. The van der Waals surface area contributed by atoms with Crippen molar-refractivity contribution < 1.29 is 39.9 Å². The van der Waals surface area contributed by atoms with E-state index in [-0.39, 0.29) is 6.47 Å². The van der Waals surface area contributed by atoms with E-state index in [4.69, 9.17) is 0 Å². The van der Waals surface area contributed by atoms with Gasteiger partial charge in [-0.3, -0.25) is 4.79 Å². The molecule has 136 valence electrons. The first-order chi connectivity index (χ1) is 11.5. The van der Waals surface area contributed by atoms with Gasteiger partial charge in [-0.1, -0.05) is 18.2 Å². The fourth-order valence-corrected chi connectivity index (χ4v) is 3.57. The number of hydrogen-bond donors (Lipinski definition) is 1. The highest BCUT2D eigenvalue weighted by Gasteiger charge is 2.60. The summed E-state index contributed by atoms with van der Waals surface area (Å²) < 4.78 is 94.6. The van der Waals surface area contributed by atoms with Gasteiger partial charge in [-0.15, -0.1) is 0 Å². The summed E-state index contributed by atoms with van der Waals surface area (Å²) in [6, 6.07) is 6.63. The average Bonchev–Trinajstić information content (AvgIpc) is 3.02. The van der Waals surface area contributed by atoms with Crippen LogP contribution in [0.2, 0.25) is 0 Å². The molecular formula is C14H10F5NO4S. The van der Waals surface area contributed by atoms with Gasteiger partial charge in [0.1, 0.15) is 0 Å². The Morgan fingerprint density at radius 1 is 1.04 bits per heavy atom. The van der Waals surface area contributed by atoms with Gasteiger partial charge in [0, 0.05) is 6.20 Å². The van der Waals surface area contributed by atoms with Gasteiger partial charge in [0.05, 0.1) is 16.2 Å². The van der Waals surface area contributed by atoms with Gasteiger partial charge in [-0.2, -0.15) is 22.0 Å². The third-order valence-electron chi connectivity index (χ3n) is 3.24. The van der Waals surface area contributed by atoms with Crippen molar-refractivity contribution in [1.29, 1.82) is 0 Å². The number of sulfone groups is 1. The maximum absolute atomic E-state index is 13.7. The average molecular weight is 383 g/mol. The minimum absolute atomic E-state index is 0.346. The number of H-pyrrole nitrogens is 1. The second-order valence-electron chi connectivity index (χ2n) is 4.80. The number of alkyl halides is 5. The largest absolute Gasteiger partial charge is 0.458 e. The number of aromatic nitrogens is 1. The lowest BCUT2D eigenvalue weighted by Crippen LogP contribution is -2.35. The number of aromatic amines is 1. The Bertz CT molecular complexity index is 846. The predicted molar refractivity (Wildman–Crippen MR) is 74.3 cm³/mol. The second-order valence-corrected chi connectivity index (χ2v) is 6.79. The van der Waals surface area contributed by atoms with Gasteiger partial charge in [0.25, 0.3) is 6.47 Å². The molecule has 0 saturated heterocycles. The summed E-state index contributed by atoms with van der Waals surface area (Å²) in [5.41, 5.74) is -5.13. The molecule has 1 aromatic heterocycles. The van der Waals surface area contributed by atoms with E-state index in [1.807, 2.05) is 4.98 Å². The van der Waals surface area contributed by atoms with E-state index in [9.17, 15) is 35.2 Å². The summed E-state index contributed by atoms with van der Waals surface area (Å²) in [5.74, 6) is -5.35. The molecule has 5 nitrogen and oxygen atoms in total. The molecule has 0 fully saturated rings. The molecule has 0 amide bonds. The lowest BCUT2D eigenvalue weighted by molar-refractivity contribution is -0.289. The Hall–Kier alpha value is -2.43. The zero-order valence-corrected chi connectivity index (χ0v) is 12.9. The SMILES string of the molecule is O=COC(c1[nH]ccc1C(F)(F)C(F)(F)F)S(=O)(=O)c1ccccc1. The van der Waals surface area contributed by atoms with Crippen molar-refractivity contribution in [2.24, 2.45) is 0 Å². The molecule has 0 spiro atoms. The van der Waals surface area contributed by atoms with Gasteiger partial charge >= 0.3 is 12.1 Å². The summed E-state index contributed by atoms with van der Waals surface area (Å²) in [4.78, 5) is 12.2. The van der Waals surface area contributed by atoms with Gasteiger partial charge in [-0.05, 0) is 18.2 Å². The molecule has 1 atom stereocenters. The van der Waals surface area contributed by atoms with E-state index < -0.39 is 43.5 Å². The Morgan fingerprint density at radius 3 is 2.16 bits per heavy atom. The Balaban J connectivity index is 2.62. The lowest BCUT2D eigenvalue weighted by Gasteiger charge is -2.23. The Labute approximate surface area is 138 Å². The van der Waals surface area contributed by atoms with Crippen molar-refractivity contribution in [2.75, 3.05) is 0 Å². The molecule has 0 aliphatic carbocycles. The maximum atomic E-state index is 13.7. The third-order valence-corrected chi connectivity index (χ3v) is 5.08. The smallest absolute Gasteiger partial charge is 0.441 e. The van der Waals surface area contributed by atoms with Crippen LogP contribution in [0.25, 0.3) is 0 Å². The van der Waals surface area contributed by atoms with E-state index in [0.717, 1.165) is 12.1 Å². The van der Waals surface area contributed by atoms with Crippen LogP contribution >= 0.6 is 0 Å². The predicted octanol–water partition coefficient (Wildman–Crippen LogP) is 3.31. The molecular weight excluding hydrogens is 373 g/mol. The molecule has 0 aliphatic rings. The number of carbonyl (C=O) groups excluding carboxylic acids is 1. The second kappa shape index (κ2) is 6.47. The van der Waals surface area contributed by atoms with Gasteiger partial charge < -0.3 is 9.72 Å². The van der Waals surface area contributed by atoms with Crippen LogP contribution < -0.4 is 0 Å². The highest BCUT2D eigenvalue weighted by Crippen LogP contribution is 2.47. The van der Waals surface area contributed by atoms with Crippen LogP contribution in [0.15, 0.2) is 47.5 Å². The summed E-state index contributed by atoms with van der Waals surface area (Å²) >= 11 is 0. The van der Waals surface area contributed by atoms with Crippen LogP contribution in [0.3, 0.4) is 0 Å². The number of carbonyl (C=O) groups is 1. The van der Waals surface area contributed by atoms with Crippen LogP contribution in [0, 0.1) is 0 Å². The minimum Gasteiger partial charge on any atom is -0.441 e. The number of benzene rings is 1. The van der Waals surface area contributed by atoms with E-state index >= 15 is 0 Å². The van der Waals surface area contributed by atoms with Crippen LogP contribution in [0.5, 0.6) is 0 Å². The molecule has 1 N–H and O–H groups in total. The highest BCUT2D eigenvalue weighted by molar-refractivity contribution is 7.91. The normalized spacial score (nSPS) is 14.1. The number of hydrogen-bond acceptors (Lipinski definition) is 4. The molecule has 0 bridgehead atoms. The van der Waals surface area contributed by atoms with Crippen molar-refractivity contribution in [3.05, 3.63) is 53.9 Å².